The van der Waals surface area contributed by atoms with Gasteiger partial charge in [-0.25, -0.2) is 0 Å². The molecule has 2 rings (SSSR count). The summed E-state index contributed by atoms with van der Waals surface area (Å²) < 4.78 is 0. The lowest BCUT2D eigenvalue weighted by Crippen LogP contribution is -2.45. The maximum atomic E-state index is 12.4. The summed E-state index contributed by atoms with van der Waals surface area (Å²) in [5.41, 5.74) is 0. The molecule has 1 saturated carbocycles. The Hall–Kier alpha value is -0.220. The molecule has 0 bridgehead atoms. The van der Waals surface area contributed by atoms with Crippen LogP contribution in [0.5, 0.6) is 0 Å². The van der Waals surface area contributed by atoms with E-state index in [9.17, 15) is 4.79 Å². The lowest BCUT2D eigenvalue weighted by atomic mass is 10.2. The maximum Gasteiger partial charge on any atom is 0.240 e. The highest BCUT2D eigenvalue weighted by molar-refractivity contribution is 7.99. The van der Waals surface area contributed by atoms with E-state index < -0.39 is 0 Å². The topological polar surface area (TPSA) is 32.3 Å². The van der Waals surface area contributed by atoms with Gasteiger partial charge in [-0.3, -0.25) is 4.79 Å². The number of amides is 1. The van der Waals surface area contributed by atoms with E-state index in [-0.39, 0.29) is 6.04 Å². The molecule has 2 aliphatic rings. The van der Waals surface area contributed by atoms with Crippen LogP contribution in [0.3, 0.4) is 0 Å². The van der Waals surface area contributed by atoms with Crippen molar-refractivity contribution in [3.63, 3.8) is 0 Å². The quantitative estimate of drug-likeness (QED) is 0.803. The predicted octanol–water partition coefficient (Wildman–Crippen LogP) is 2.26. The molecular weight excluding hydrogens is 244 g/mol. The third-order valence-corrected chi connectivity index (χ3v) is 5.39. The molecule has 0 aromatic heterocycles. The number of likely N-dealkylation sites (tertiary alicyclic amines) is 1. The molecule has 1 aliphatic heterocycles. The van der Waals surface area contributed by atoms with Crippen LogP contribution >= 0.6 is 11.8 Å². The van der Waals surface area contributed by atoms with Gasteiger partial charge < -0.3 is 10.2 Å². The minimum atomic E-state index is 0.0952. The smallest absolute Gasteiger partial charge is 0.240 e. The SMILES string of the molecule is CCCNC1CCN(C2CCCC2SCC)C1=O. The second-order valence-electron chi connectivity index (χ2n) is 5.32. The lowest BCUT2D eigenvalue weighted by Gasteiger charge is -2.29. The van der Waals surface area contributed by atoms with E-state index in [0.29, 0.717) is 17.2 Å². The molecule has 3 nitrogen and oxygen atoms in total. The molecule has 0 aromatic rings. The minimum Gasteiger partial charge on any atom is -0.337 e. The number of carbonyl (C=O) groups is 1. The summed E-state index contributed by atoms with van der Waals surface area (Å²) in [4.78, 5) is 14.6. The molecule has 104 valence electrons. The Kier molecular flexibility index (Phi) is 5.37. The zero-order valence-corrected chi connectivity index (χ0v) is 12.5. The van der Waals surface area contributed by atoms with E-state index in [4.69, 9.17) is 0 Å². The number of nitrogens with zero attached hydrogens (tertiary/aromatic N) is 1. The van der Waals surface area contributed by atoms with Crippen molar-refractivity contribution in [2.75, 3.05) is 18.8 Å². The molecule has 0 aromatic carbocycles. The zero-order valence-electron chi connectivity index (χ0n) is 11.7. The van der Waals surface area contributed by atoms with Gasteiger partial charge in [0, 0.05) is 17.8 Å². The van der Waals surface area contributed by atoms with Gasteiger partial charge in [-0.15, -0.1) is 0 Å². The van der Waals surface area contributed by atoms with Crippen LogP contribution in [-0.4, -0.2) is 47.0 Å². The Labute approximate surface area is 115 Å². The number of hydrogen-bond donors (Lipinski definition) is 1. The second-order valence-corrected chi connectivity index (χ2v) is 6.84. The molecule has 0 spiro atoms. The summed E-state index contributed by atoms with van der Waals surface area (Å²) in [5.74, 6) is 1.53. The minimum absolute atomic E-state index is 0.0952. The summed E-state index contributed by atoms with van der Waals surface area (Å²) in [7, 11) is 0. The number of nitrogens with one attached hydrogen (secondary N) is 1. The molecule has 1 saturated heterocycles. The van der Waals surface area contributed by atoms with Crippen LogP contribution in [-0.2, 0) is 4.79 Å². The number of thioether (sulfide) groups is 1. The molecule has 1 amide bonds. The maximum absolute atomic E-state index is 12.4. The summed E-state index contributed by atoms with van der Waals surface area (Å²) >= 11 is 2.04. The lowest BCUT2D eigenvalue weighted by molar-refractivity contribution is -0.131. The average Bonchev–Trinajstić information content (AvgIpc) is 2.94. The Balaban J connectivity index is 1.91. The Morgan fingerprint density at radius 3 is 2.89 bits per heavy atom. The predicted molar refractivity (Wildman–Crippen MR) is 78.0 cm³/mol. The Morgan fingerprint density at radius 1 is 1.33 bits per heavy atom. The van der Waals surface area contributed by atoms with Crippen LogP contribution in [0.4, 0.5) is 0 Å². The fourth-order valence-corrected chi connectivity index (χ4v) is 4.48. The molecule has 3 unspecified atom stereocenters. The largest absolute Gasteiger partial charge is 0.337 e. The number of carbonyl (C=O) groups excluding carboxylic acids is 1. The van der Waals surface area contributed by atoms with Crippen molar-refractivity contribution in [1.82, 2.24) is 10.2 Å². The van der Waals surface area contributed by atoms with Crippen molar-refractivity contribution in [2.24, 2.45) is 0 Å². The first-order valence-electron chi connectivity index (χ1n) is 7.43. The molecule has 4 heteroatoms. The van der Waals surface area contributed by atoms with E-state index in [0.717, 1.165) is 25.9 Å². The summed E-state index contributed by atoms with van der Waals surface area (Å²) in [6.07, 6.45) is 5.89. The highest BCUT2D eigenvalue weighted by Gasteiger charge is 2.40. The van der Waals surface area contributed by atoms with Crippen molar-refractivity contribution < 1.29 is 4.79 Å². The van der Waals surface area contributed by atoms with Crippen LogP contribution in [0.2, 0.25) is 0 Å². The van der Waals surface area contributed by atoms with Crippen molar-refractivity contribution in [3.8, 4) is 0 Å². The van der Waals surface area contributed by atoms with E-state index in [1.807, 2.05) is 11.8 Å². The van der Waals surface area contributed by atoms with Crippen LogP contribution in [0.1, 0.15) is 46.0 Å². The van der Waals surface area contributed by atoms with Gasteiger partial charge in [0.25, 0.3) is 0 Å². The van der Waals surface area contributed by atoms with Gasteiger partial charge in [-0.1, -0.05) is 20.3 Å². The molecule has 1 aliphatic carbocycles. The van der Waals surface area contributed by atoms with Crippen LogP contribution in [0.25, 0.3) is 0 Å². The molecule has 0 radical (unpaired) electrons. The van der Waals surface area contributed by atoms with Gasteiger partial charge >= 0.3 is 0 Å². The van der Waals surface area contributed by atoms with Gasteiger partial charge in [0.15, 0.2) is 0 Å². The first-order chi connectivity index (χ1) is 8.77. The van der Waals surface area contributed by atoms with Crippen molar-refractivity contribution >= 4 is 17.7 Å². The third kappa shape index (κ3) is 3.02. The van der Waals surface area contributed by atoms with Crippen LogP contribution in [0.15, 0.2) is 0 Å². The van der Waals surface area contributed by atoms with E-state index >= 15 is 0 Å². The van der Waals surface area contributed by atoms with Crippen molar-refractivity contribution in [3.05, 3.63) is 0 Å². The highest BCUT2D eigenvalue weighted by atomic mass is 32.2. The number of rotatable bonds is 6. The summed E-state index contributed by atoms with van der Waals surface area (Å²) in [6, 6.07) is 0.605. The molecule has 18 heavy (non-hydrogen) atoms. The highest BCUT2D eigenvalue weighted by Crippen LogP contribution is 2.35. The molecule has 2 fully saturated rings. The molecule has 3 atom stereocenters. The summed E-state index contributed by atoms with van der Waals surface area (Å²) in [6.45, 7) is 6.29. The standard InChI is InChI=1S/C14H26N2OS/c1-3-9-15-11-8-10-16(14(11)17)12-6-5-7-13(12)18-4-2/h11-13,15H,3-10H2,1-2H3. The van der Waals surface area contributed by atoms with Gasteiger partial charge in [0.1, 0.15) is 0 Å². The third-order valence-electron chi connectivity index (χ3n) is 4.08. The number of hydrogen-bond acceptors (Lipinski definition) is 3. The van der Waals surface area contributed by atoms with E-state index in [1.54, 1.807) is 0 Å². The average molecular weight is 270 g/mol. The fraction of sp³-hybridized carbons (Fsp3) is 0.929. The second kappa shape index (κ2) is 6.80. The first-order valence-corrected chi connectivity index (χ1v) is 8.48. The van der Waals surface area contributed by atoms with Crippen molar-refractivity contribution in [1.29, 1.82) is 0 Å². The van der Waals surface area contributed by atoms with Gasteiger partial charge in [-0.05, 0) is 38.0 Å². The fourth-order valence-electron chi connectivity index (χ4n) is 3.21. The first kappa shape index (κ1) is 14.2. The van der Waals surface area contributed by atoms with Crippen molar-refractivity contribution in [2.45, 2.75) is 63.3 Å². The van der Waals surface area contributed by atoms with Crippen LogP contribution < -0.4 is 5.32 Å². The molecular formula is C14H26N2OS. The van der Waals surface area contributed by atoms with E-state index in [2.05, 4.69) is 24.1 Å². The van der Waals surface area contributed by atoms with Gasteiger partial charge in [0.2, 0.25) is 5.91 Å². The molecule has 1 heterocycles. The summed E-state index contributed by atoms with van der Waals surface area (Å²) in [5, 5.41) is 4.07. The monoisotopic (exact) mass is 270 g/mol. The van der Waals surface area contributed by atoms with Crippen LogP contribution in [0, 0.1) is 0 Å². The normalized spacial score (nSPS) is 32.4. The zero-order chi connectivity index (χ0) is 13.0. The van der Waals surface area contributed by atoms with Gasteiger partial charge in [-0.2, -0.15) is 11.8 Å². The van der Waals surface area contributed by atoms with Gasteiger partial charge in [0.05, 0.1) is 6.04 Å². The Morgan fingerprint density at radius 2 is 2.17 bits per heavy atom. The Bertz CT molecular complexity index is 285. The van der Waals surface area contributed by atoms with E-state index in [1.165, 1.54) is 25.0 Å². The molecule has 1 N–H and O–H groups in total.